The minimum absolute atomic E-state index is 0.502. The highest BCUT2D eigenvalue weighted by Crippen LogP contribution is 2.40. The Bertz CT molecular complexity index is 691. The number of diazo groups is 1. The predicted octanol–water partition coefficient (Wildman–Crippen LogP) is 5.03. The molecule has 0 fully saturated rings. The van der Waals surface area contributed by atoms with Crippen LogP contribution in [-0.4, -0.2) is 19.8 Å². The average Bonchev–Trinajstić information content (AvgIpc) is 2.58. The summed E-state index contributed by atoms with van der Waals surface area (Å²) in [6, 6.07) is 11.0. The van der Waals surface area contributed by atoms with Gasteiger partial charge < -0.3 is 14.2 Å². The lowest BCUT2D eigenvalue weighted by Crippen LogP contribution is -2.01. The molecule has 0 saturated carbocycles. The van der Waals surface area contributed by atoms with Gasteiger partial charge >= 0.3 is 5.69 Å². The van der Waals surface area contributed by atoms with Gasteiger partial charge in [-0.25, -0.2) is 0 Å². The zero-order valence-electron chi connectivity index (χ0n) is 13.7. The minimum atomic E-state index is 0.502. The van der Waals surface area contributed by atoms with Crippen LogP contribution >= 0.6 is 0 Å². The number of hydrogen-bond donors (Lipinski definition) is 0. The topological polar surface area (TPSA) is 55.8 Å². The minimum Gasteiger partial charge on any atom is -0.493 e. The van der Waals surface area contributed by atoms with Crippen LogP contribution in [0.1, 0.15) is 20.8 Å². The zero-order chi connectivity index (χ0) is 16.7. The first-order valence-electron chi connectivity index (χ1n) is 7.75. The van der Waals surface area contributed by atoms with Crippen LogP contribution in [0.3, 0.4) is 0 Å². The van der Waals surface area contributed by atoms with Crippen molar-refractivity contribution >= 4 is 5.69 Å². The number of benzene rings is 2. The third-order valence-corrected chi connectivity index (χ3v) is 3.24. The van der Waals surface area contributed by atoms with Crippen molar-refractivity contribution in [3.05, 3.63) is 41.4 Å². The van der Waals surface area contributed by atoms with Crippen LogP contribution < -0.4 is 14.2 Å². The maximum atomic E-state index is 8.81. The fraction of sp³-hybridized carbons (Fsp3) is 0.333. The molecule has 5 nitrogen and oxygen atoms in total. The molecule has 2 aromatic rings. The van der Waals surface area contributed by atoms with Crippen molar-refractivity contribution in [2.75, 3.05) is 19.8 Å². The monoisotopic (exact) mass is 313 g/mol. The Balaban J connectivity index is 2.54. The summed E-state index contributed by atoms with van der Waals surface area (Å²) in [5.74, 6) is 2.08. The van der Waals surface area contributed by atoms with Crippen LogP contribution in [0.5, 0.6) is 17.2 Å². The van der Waals surface area contributed by atoms with Crippen molar-refractivity contribution in [2.24, 2.45) is 0 Å². The van der Waals surface area contributed by atoms with Crippen molar-refractivity contribution in [2.45, 2.75) is 20.8 Å². The molecule has 2 aromatic carbocycles. The Morgan fingerprint density at radius 2 is 1.30 bits per heavy atom. The van der Waals surface area contributed by atoms with E-state index >= 15 is 0 Å². The SMILES string of the molecule is CCOc1cc(OCC)c(-c2ccc([N+]#N)cc2)cc1OCC. The van der Waals surface area contributed by atoms with Gasteiger partial charge in [-0.05, 0) is 44.5 Å². The normalized spacial score (nSPS) is 10.0. The first-order chi connectivity index (χ1) is 11.2. The van der Waals surface area contributed by atoms with Gasteiger partial charge in [-0.15, -0.1) is 0 Å². The van der Waals surface area contributed by atoms with E-state index in [1.807, 2.05) is 45.0 Å². The van der Waals surface area contributed by atoms with Crippen LogP contribution in [-0.2, 0) is 0 Å². The maximum absolute atomic E-state index is 8.81. The van der Waals surface area contributed by atoms with Crippen LogP contribution in [0.15, 0.2) is 36.4 Å². The highest BCUT2D eigenvalue weighted by atomic mass is 16.5. The van der Waals surface area contributed by atoms with Crippen LogP contribution in [0, 0.1) is 5.39 Å². The van der Waals surface area contributed by atoms with Gasteiger partial charge in [-0.1, -0.05) is 0 Å². The highest BCUT2D eigenvalue weighted by Gasteiger charge is 2.15. The first-order valence-corrected chi connectivity index (χ1v) is 7.75. The maximum Gasteiger partial charge on any atom is 0.385 e. The summed E-state index contributed by atoms with van der Waals surface area (Å²) < 4.78 is 17.1. The predicted molar refractivity (Wildman–Crippen MR) is 90.1 cm³/mol. The molecule has 120 valence electrons. The molecule has 0 bridgehead atoms. The second-order valence-corrected chi connectivity index (χ2v) is 4.74. The van der Waals surface area contributed by atoms with Gasteiger partial charge in [-0.3, -0.25) is 0 Å². The third kappa shape index (κ3) is 3.92. The molecule has 23 heavy (non-hydrogen) atoms. The largest absolute Gasteiger partial charge is 0.493 e. The fourth-order valence-electron chi connectivity index (χ4n) is 2.29. The number of ether oxygens (including phenoxy) is 3. The van der Waals surface area contributed by atoms with Crippen molar-refractivity contribution in [3.63, 3.8) is 0 Å². The van der Waals surface area contributed by atoms with E-state index in [-0.39, 0.29) is 0 Å². The molecule has 0 amide bonds. The molecule has 5 heteroatoms. The standard InChI is InChI=1S/C18H21N2O3/c1-4-21-16-12-18(23-6-3)17(22-5-2)11-15(16)13-7-9-14(20-19)10-8-13/h7-12H,4-6H2,1-3H3/q+1. The average molecular weight is 313 g/mol. The van der Waals surface area contributed by atoms with Crippen molar-refractivity contribution in [1.82, 2.24) is 0 Å². The van der Waals surface area contributed by atoms with E-state index in [2.05, 4.69) is 4.98 Å². The Labute approximate surface area is 136 Å². The van der Waals surface area contributed by atoms with Crippen molar-refractivity contribution < 1.29 is 14.2 Å². The molecule has 0 atom stereocenters. The van der Waals surface area contributed by atoms with Gasteiger partial charge in [0.25, 0.3) is 0 Å². The number of hydrogen-bond acceptors (Lipinski definition) is 4. The molecule has 0 aliphatic carbocycles. The molecule has 0 spiro atoms. The summed E-state index contributed by atoms with van der Waals surface area (Å²) >= 11 is 0. The van der Waals surface area contributed by atoms with Crippen LogP contribution in [0.2, 0.25) is 0 Å². The number of rotatable bonds is 7. The molecule has 0 unspecified atom stereocenters. The van der Waals surface area contributed by atoms with E-state index in [0.717, 1.165) is 16.9 Å². The molecular weight excluding hydrogens is 292 g/mol. The molecule has 0 radical (unpaired) electrons. The third-order valence-electron chi connectivity index (χ3n) is 3.24. The van der Waals surface area contributed by atoms with Gasteiger partial charge in [0, 0.05) is 23.8 Å². The van der Waals surface area contributed by atoms with Gasteiger partial charge in [0.1, 0.15) is 5.75 Å². The second-order valence-electron chi connectivity index (χ2n) is 4.74. The summed E-state index contributed by atoms with van der Waals surface area (Å²) in [7, 11) is 0. The van der Waals surface area contributed by atoms with E-state index < -0.39 is 0 Å². The van der Waals surface area contributed by atoms with E-state index in [4.69, 9.17) is 19.6 Å². The molecule has 0 saturated heterocycles. The Morgan fingerprint density at radius 3 is 1.83 bits per heavy atom. The molecule has 2 rings (SSSR count). The lowest BCUT2D eigenvalue weighted by Gasteiger charge is -2.16. The van der Waals surface area contributed by atoms with Gasteiger partial charge in [0.2, 0.25) is 5.39 Å². The summed E-state index contributed by atoms with van der Waals surface area (Å²) in [6.07, 6.45) is 0. The summed E-state index contributed by atoms with van der Waals surface area (Å²) in [4.78, 5) is 3.17. The highest BCUT2D eigenvalue weighted by molar-refractivity contribution is 5.75. The molecular formula is C18H21N2O3+. The first kappa shape index (κ1) is 16.6. The van der Waals surface area contributed by atoms with E-state index in [1.54, 1.807) is 12.1 Å². The Morgan fingerprint density at radius 1 is 0.783 bits per heavy atom. The summed E-state index contributed by atoms with van der Waals surface area (Å²) in [6.45, 7) is 7.46. The molecule has 0 aliphatic heterocycles. The van der Waals surface area contributed by atoms with E-state index in [1.165, 1.54) is 0 Å². The lowest BCUT2D eigenvalue weighted by molar-refractivity contribution is 0.283. The van der Waals surface area contributed by atoms with Crippen molar-refractivity contribution in [1.29, 1.82) is 5.39 Å². The Hall–Kier alpha value is -2.74. The lowest BCUT2D eigenvalue weighted by atomic mass is 10.0. The summed E-state index contributed by atoms with van der Waals surface area (Å²) in [5.41, 5.74) is 2.36. The van der Waals surface area contributed by atoms with Gasteiger partial charge in [0.05, 0.1) is 19.8 Å². The molecule has 0 N–H and O–H groups in total. The molecule has 0 heterocycles. The van der Waals surface area contributed by atoms with Crippen molar-refractivity contribution in [3.8, 4) is 28.4 Å². The number of nitrogens with zero attached hydrogens (tertiary/aromatic N) is 2. The van der Waals surface area contributed by atoms with E-state index in [9.17, 15) is 0 Å². The second kappa shape index (κ2) is 8.04. The zero-order valence-corrected chi connectivity index (χ0v) is 13.7. The van der Waals surface area contributed by atoms with E-state index in [0.29, 0.717) is 37.0 Å². The quantitative estimate of drug-likeness (QED) is 0.672. The van der Waals surface area contributed by atoms with Gasteiger partial charge in [-0.2, -0.15) is 0 Å². The molecule has 0 aromatic heterocycles. The molecule has 0 aliphatic rings. The smallest absolute Gasteiger partial charge is 0.385 e. The van der Waals surface area contributed by atoms with Gasteiger partial charge in [0.15, 0.2) is 16.5 Å². The summed E-state index contributed by atoms with van der Waals surface area (Å²) in [5, 5.41) is 8.81. The van der Waals surface area contributed by atoms with Crippen LogP contribution in [0.4, 0.5) is 5.69 Å². The fourth-order valence-corrected chi connectivity index (χ4v) is 2.29. The Kier molecular flexibility index (Phi) is 5.81. The van der Waals surface area contributed by atoms with Crippen LogP contribution in [0.25, 0.3) is 16.1 Å².